The lowest BCUT2D eigenvalue weighted by molar-refractivity contribution is 0.122. The highest BCUT2D eigenvalue weighted by atomic mass is 32.1. The highest BCUT2D eigenvalue weighted by molar-refractivity contribution is 7.59. The minimum Gasteiger partial charge on any atom is -0.378 e. The summed E-state index contributed by atoms with van der Waals surface area (Å²) in [7, 11) is 0. The Hall–Kier alpha value is -5.53. The molecule has 354 valence electrons. The van der Waals surface area contributed by atoms with Crippen LogP contribution in [0.2, 0.25) is 0 Å². The van der Waals surface area contributed by atoms with Crippen LogP contribution in [-0.4, -0.2) is 128 Å². The lowest BCUT2D eigenvalue weighted by Crippen LogP contribution is -2.36. The number of hydrogen-bond acceptors (Lipinski definition) is 14. The van der Waals surface area contributed by atoms with Crippen molar-refractivity contribution >= 4 is 78.1 Å². The summed E-state index contributed by atoms with van der Waals surface area (Å²) in [5, 5.41) is 2.72. The van der Waals surface area contributed by atoms with E-state index in [2.05, 4.69) is 93.4 Å². The number of carbonyl (C=O) groups is 1. The van der Waals surface area contributed by atoms with E-state index in [0.717, 1.165) is 148 Å². The molecule has 2 aromatic carbocycles. The van der Waals surface area contributed by atoms with Crippen LogP contribution in [0.1, 0.15) is 35.5 Å². The van der Waals surface area contributed by atoms with Crippen LogP contribution in [0, 0.1) is 11.8 Å². The van der Waals surface area contributed by atoms with Crippen molar-refractivity contribution in [2.45, 2.75) is 34.1 Å². The molecule has 2 amide bonds. The molecule has 0 radical (unpaired) electrons. The molecule has 5 N–H and O–H groups in total. The molecule has 18 heteroatoms. The molecule has 10 rings (SSSR count). The number of nitrogens with one attached hydrogen (secondary N) is 1. The Morgan fingerprint density at radius 3 is 1.48 bits per heavy atom. The van der Waals surface area contributed by atoms with Gasteiger partial charge in [0.25, 0.3) is 0 Å². The van der Waals surface area contributed by atoms with E-state index in [1.165, 1.54) is 11.4 Å². The van der Waals surface area contributed by atoms with Crippen molar-refractivity contribution in [3.63, 3.8) is 0 Å². The van der Waals surface area contributed by atoms with Gasteiger partial charge in [0.05, 0.1) is 48.8 Å². The van der Waals surface area contributed by atoms with Gasteiger partial charge in [-0.05, 0) is 67.6 Å². The van der Waals surface area contributed by atoms with Gasteiger partial charge in [0.1, 0.15) is 11.0 Å². The molecule has 66 heavy (non-hydrogen) atoms. The Morgan fingerprint density at radius 1 is 0.667 bits per heavy atom. The van der Waals surface area contributed by atoms with E-state index >= 15 is 0 Å². The van der Waals surface area contributed by atoms with Crippen molar-refractivity contribution in [2.75, 3.05) is 111 Å². The SMILES string of the molecule is C.NC(=O)NC[C@@H]1CCN(c2nc(-c3ccc(N4CCOCC4)cc3)cc3nccnc23)C1.NC[C@@H]1CCN(c2nc(-c3ccc(N4CCOCC4)cc3)cc3nccnc23)C1.S.S.[2H]CC. The summed E-state index contributed by atoms with van der Waals surface area (Å²) in [5.74, 6) is 2.59. The molecule has 16 nitrogen and oxygen atoms in total. The van der Waals surface area contributed by atoms with Gasteiger partial charge in [-0.1, -0.05) is 45.5 Å². The minimum absolute atomic E-state index is 0. The highest BCUT2D eigenvalue weighted by Crippen LogP contribution is 2.34. The summed E-state index contributed by atoms with van der Waals surface area (Å²) in [6, 6.07) is 20.7. The summed E-state index contributed by atoms with van der Waals surface area (Å²) in [6.45, 7) is 13.9. The van der Waals surface area contributed by atoms with Gasteiger partial charge < -0.3 is 45.9 Å². The number of amides is 2. The lowest BCUT2D eigenvalue weighted by Gasteiger charge is -2.29. The molecule has 8 heterocycles. The van der Waals surface area contributed by atoms with Gasteiger partial charge in [0, 0.05) is 108 Å². The Bertz CT molecular complexity index is 2460. The molecule has 4 aromatic heterocycles. The predicted molar refractivity (Wildman–Crippen MR) is 278 cm³/mol. The first kappa shape index (κ1) is 49.9. The first-order chi connectivity index (χ1) is 31.4. The average Bonchev–Trinajstić information content (AvgIpc) is 4.05. The molecule has 0 spiro atoms. The van der Waals surface area contributed by atoms with Crippen LogP contribution >= 0.6 is 27.0 Å². The van der Waals surface area contributed by atoms with Gasteiger partial charge in [0.2, 0.25) is 0 Å². The van der Waals surface area contributed by atoms with Gasteiger partial charge in [-0.25, -0.2) is 24.7 Å². The Balaban J connectivity index is 0.000000228. The van der Waals surface area contributed by atoms with Gasteiger partial charge in [0.15, 0.2) is 11.6 Å². The second kappa shape index (κ2) is 24.8. The Labute approximate surface area is 404 Å². The first-order valence-electron chi connectivity index (χ1n) is 22.7. The summed E-state index contributed by atoms with van der Waals surface area (Å²) >= 11 is 0. The van der Waals surface area contributed by atoms with Crippen molar-refractivity contribution in [1.82, 2.24) is 35.2 Å². The maximum Gasteiger partial charge on any atom is 0.312 e. The van der Waals surface area contributed by atoms with Gasteiger partial charge in [-0.2, -0.15) is 27.0 Å². The quantitative estimate of drug-likeness (QED) is 0.148. The molecule has 4 fully saturated rings. The number of pyridine rings is 2. The van der Waals surface area contributed by atoms with Crippen molar-refractivity contribution in [2.24, 2.45) is 23.3 Å². The van der Waals surface area contributed by atoms with Crippen LogP contribution in [0.4, 0.5) is 27.8 Å². The number of ether oxygens (including phenoxy) is 2. The fraction of sp³-hybridized carbons (Fsp3) is 0.438. The number of benzene rings is 2. The van der Waals surface area contributed by atoms with E-state index in [9.17, 15) is 4.79 Å². The van der Waals surface area contributed by atoms with E-state index in [4.69, 9.17) is 32.3 Å². The third-order valence-corrected chi connectivity index (χ3v) is 12.0. The number of anilines is 4. The van der Waals surface area contributed by atoms with E-state index in [1.807, 2.05) is 12.1 Å². The molecule has 6 aromatic rings. The standard InChI is InChI=1S/C23H27N7O2.C22H26N6O.C2H6.CH4.2H2S/c24-23(31)27-14-16-5-8-30(15-16)22-21-20(25-6-7-26-21)13-19(28-22)17-1-3-18(4-2-17)29-9-11-32-12-10-29;23-14-16-5-8-28(15-16)22-21-20(24-6-7-25-21)13-19(26-22)17-1-3-18(4-2-17)27-9-11-29-12-10-27;1-2;;;/h1-4,6-7,13,16H,5,8-12,14-15H2,(H3,24,27,31);1-4,6-7,13,16H,5,8-12,14-15,23H2;1-2H3;1H4;2*1H2/t2*16-;;;;/m00..../s1/i;;1D;;;. The maximum atomic E-state index is 11.1. The van der Waals surface area contributed by atoms with Gasteiger partial charge in [-0.15, -0.1) is 0 Å². The monoisotopic (exact) mass is 938 g/mol. The largest absolute Gasteiger partial charge is 0.378 e. The molecular weight excluding hydrogens is 871 g/mol. The number of aromatic nitrogens is 6. The van der Waals surface area contributed by atoms with Crippen LogP contribution in [-0.2, 0) is 9.47 Å². The Kier molecular flexibility index (Phi) is 18.8. The number of nitrogens with zero attached hydrogens (tertiary/aromatic N) is 10. The molecule has 2 atom stereocenters. The number of carbonyl (C=O) groups excluding carboxylic acids is 1. The van der Waals surface area contributed by atoms with Crippen molar-refractivity contribution in [3.8, 4) is 22.5 Å². The van der Waals surface area contributed by atoms with Crippen molar-refractivity contribution < 1.29 is 15.6 Å². The van der Waals surface area contributed by atoms with Crippen molar-refractivity contribution in [3.05, 3.63) is 85.5 Å². The number of nitrogens with two attached hydrogens (primary N) is 2. The van der Waals surface area contributed by atoms with E-state index in [0.29, 0.717) is 31.8 Å². The van der Waals surface area contributed by atoms with Crippen LogP contribution in [0.5, 0.6) is 0 Å². The predicted octanol–water partition coefficient (Wildman–Crippen LogP) is 6.22. The van der Waals surface area contributed by atoms with E-state index in [1.54, 1.807) is 31.7 Å². The molecule has 4 aliphatic rings. The van der Waals surface area contributed by atoms with Crippen molar-refractivity contribution in [1.29, 1.82) is 0 Å². The zero-order valence-corrected chi connectivity index (χ0v) is 39.1. The molecule has 4 aliphatic heterocycles. The fourth-order valence-electron chi connectivity index (χ4n) is 8.63. The number of urea groups is 1. The molecule has 0 saturated carbocycles. The second-order valence-corrected chi connectivity index (χ2v) is 16.0. The van der Waals surface area contributed by atoms with Crippen LogP contribution in [0.3, 0.4) is 0 Å². The number of primary amides is 1. The summed E-state index contributed by atoms with van der Waals surface area (Å²) in [6.07, 6.45) is 8.94. The molecule has 0 aliphatic carbocycles. The summed E-state index contributed by atoms with van der Waals surface area (Å²) < 4.78 is 17.1. The normalized spacial score (nSPS) is 18.1. The maximum absolute atomic E-state index is 11.1. The van der Waals surface area contributed by atoms with E-state index in [-0.39, 0.29) is 34.4 Å². The number of fused-ring (bicyclic) bond motifs is 2. The number of morpholine rings is 2. The Morgan fingerprint density at radius 2 is 1.08 bits per heavy atom. The van der Waals surface area contributed by atoms with Crippen LogP contribution in [0.15, 0.2) is 85.5 Å². The third kappa shape index (κ3) is 12.3. The second-order valence-electron chi connectivity index (χ2n) is 16.0. The molecular formula is C48H67N13O3S2. The fourth-order valence-corrected chi connectivity index (χ4v) is 8.63. The molecule has 4 saturated heterocycles. The smallest absolute Gasteiger partial charge is 0.312 e. The zero-order chi connectivity index (χ0) is 44.3. The van der Waals surface area contributed by atoms with Crippen LogP contribution in [0.25, 0.3) is 44.6 Å². The summed E-state index contributed by atoms with van der Waals surface area (Å²) in [4.78, 5) is 48.5. The van der Waals surface area contributed by atoms with Gasteiger partial charge in [-0.3, -0.25) is 9.97 Å². The number of rotatable bonds is 9. The summed E-state index contributed by atoms with van der Waals surface area (Å²) in [5.41, 5.74) is 20.8. The van der Waals surface area contributed by atoms with Gasteiger partial charge >= 0.3 is 6.03 Å². The lowest BCUT2D eigenvalue weighted by atomic mass is 10.1. The zero-order valence-electron chi connectivity index (χ0n) is 38.1. The first-order valence-corrected chi connectivity index (χ1v) is 22.0. The minimum atomic E-state index is -0.486. The average molecular weight is 939 g/mol. The highest BCUT2D eigenvalue weighted by Gasteiger charge is 2.27. The molecule has 0 unspecified atom stereocenters. The van der Waals surface area contributed by atoms with E-state index < -0.39 is 6.03 Å². The number of hydrogen-bond donors (Lipinski definition) is 3. The molecule has 0 bridgehead atoms. The topological polar surface area (TPSA) is 190 Å². The third-order valence-electron chi connectivity index (χ3n) is 12.0. The van der Waals surface area contributed by atoms with Crippen LogP contribution < -0.4 is 36.4 Å².